The molecule has 2 aromatic heterocycles. The highest BCUT2D eigenvalue weighted by molar-refractivity contribution is 14.0. The lowest BCUT2D eigenvalue weighted by atomic mass is 10.1. The van der Waals surface area contributed by atoms with Crippen molar-refractivity contribution in [2.45, 2.75) is 39.8 Å². The highest BCUT2D eigenvalue weighted by atomic mass is 127. The third-order valence-electron chi connectivity index (χ3n) is 4.68. The number of aromatic nitrogens is 2. The summed E-state index contributed by atoms with van der Waals surface area (Å²) in [5, 5.41) is 12.4. The van der Waals surface area contributed by atoms with Crippen LogP contribution in [0.4, 0.5) is 0 Å². The van der Waals surface area contributed by atoms with Crippen molar-refractivity contribution in [3.63, 3.8) is 0 Å². The van der Waals surface area contributed by atoms with Crippen LogP contribution >= 0.6 is 24.0 Å². The normalized spacial score (nSPS) is 12.7. The summed E-state index contributed by atoms with van der Waals surface area (Å²) in [6.45, 7) is 6.91. The van der Waals surface area contributed by atoms with Crippen LogP contribution in [0.3, 0.4) is 0 Å². The van der Waals surface area contributed by atoms with Crippen molar-refractivity contribution < 1.29 is 4.42 Å². The average molecular weight is 481 g/mol. The number of benzene rings is 1. The average Bonchev–Trinajstić information content (AvgIpc) is 3.14. The number of nitrogens with one attached hydrogen (secondary N) is 2. The topological polar surface area (TPSA) is 67.4 Å². The second kappa shape index (κ2) is 9.25. The van der Waals surface area contributed by atoms with Gasteiger partial charge in [0.2, 0.25) is 0 Å². The van der Waals surface area contributed by atoms with Crippen molar-refractivity contribution in [2.24, 2.45) is 12.0 Å². The van der Waals surface area contributed by atoms with Gasteiger partial charge in [-0.25, -0.2) is 0 Å². The standard InChI is InChI=1S/C20H27N5O.HI/c1-13(10-18-14(2)24-25(5)15(18)3)23-20(21-4)22-12-17-11-16-8-6-7-9-19(16)26-17;/h6-9,11,13H,10,12H2,1-5H3,(H2,21,22,23);1H. The molecule has 2 N–H and O–H groups in total. The highest BCUT2D eigenvalue weighted by Crippen LogP contribution is 2.18. The smallest absolute Gasteiger partial charge is 0.191 e. The molecule has 1 aromatic carbocycles. The van der Waals surface area contributed by atoms with Gasteiger partial charge in [-0.3, -0.25) is 9.67 Å². The van der Waals surface area contributed by atoms with Crippen molar-refractivity contribution in [1.82, 2.24) is 20.4 Å². The second-order valence-corrected chi connectivity index (χ2v) is 6.70. The monoisotopic (exact) mass is 481 g/mol. The molecule has 2 heterocycles. The molecule has 0 saturated heterocycles. The van der Waals surface area contributed by atoms with E-state index in [0.717, 1.165) is 34.8 Å². The molecule has 3 aromatic rings. The molecule has 0 aliphatic heterocycles. The van der Waals surface area contributed by atoms with Crippen molar-refractivity contribution >= 4 is 40.9 Å². The van der Waals surface area contributed by atoms with Crippen LogP contribution in [0.1, 0.15) is 29.6 Å². The van der Waals surface area contributed by atoms with Gasteiger partial charge >= 0.3 is 0 Å². The molecule has 6 nitrogen and oxygen atoms in total. The quantitative estimate of drug-likeness (QED) is 0.332. The number of fused-ring (bicyclic) bond motifs is 1. The van der Waals surface area contributed by atoms with Gasteiger partial charge in [-0.1, -0.05) is 18.2 Å². The van der Waals surface area contributed by atoms with E-state index in [4.69, 9.17) is 4.42 Å². The summed E-state index contributed by atoms with van der Waals surface area (Å²) in [6.07, 6.45) is 0.900. The molecule has 27 heavy (non-hydrogen) atoms. The van der Waals surface area contributed by atoms with Gasteiger partial charge in [0.15, 0.2) is 5.96 Å². The molecule has 0 saturated carbocycles. The zero-order valence-electron chi connectivity index (χ0n) is 16.5. The zero-order chi connectivity index (χ0) is 18.7. The Hall–Kier alpha value is -2.03. The summed E-state index contributed by atoms with van der Waals surface area (Å²) in [5.41, 5.74) is 4.49. The van der Waals surface area contributed by atoms with Gasteiger partial charge < -0.3 is 15.1 Å². The Bertz CT molecular complexity index is 895. The Kier molecular flexibility index (Phi) is 7.29. The van der Waals surface area contributed by atoms with E-state index in [0.29, 0.717) is 6.54 Å². The molecular weight excluding hydrogens is 453 g/mol. The Morgan fingerprint density at radius 3 is 2.67 bits per heavy atom. The van der Waals surface area contributed by atoms with Gasteiger partial charge in [0.05, 0.1) is 12.2 Å². The van der Waals surface area contributed by atoms with Crippen molar-refractivity contribution in [3.8, 4) is 0 Å². The van der Waals surface area contributed by atoms with Gasteiger partial charge in [-0.2, -0.15) is 5.10 Å². The lowest BCUT2D eigenvalue weighted by Gasteiger charge is -2.18. The zero-order valence-corrected chi connectivity index (χ0v) is 18.9. The molecule has 7 heteroatoms. The Balaban J connectivity index is 0.00000261. The third-order valence-corrected chi connectivity index (χ3v) is 4.68. The van der Waals surface area contributed by atoms with Crippen LogP contribution in [0.2, 0.25) is 0 Å². The molecule has 0 bridgehead atoms. The number of para-hydroxylation sites is 1. The van der Waals surface area contributed by atoms with Crippen LogP contribution in [-0.2, 0) is 20.0 Å². The molecule has 0 radical (unpaired) electrons. The number of hydrogen-bond donors (Lipinski definition) is 2. The van der Waals surface area contributed by atoms with Crippen molar-refractivity contribution in [1.29, 1.82) is 0 Å². The lowest BCUT2D eigenvalue weighted by Crippen LogP contribution is -2.42. The number of halogens is 1. The summed E-state index contributed by atoms with van der Waals surface area (Å²) >= 11 is 0. The molecule has 1 unspecified atom stereocenters. The summed E-state index contributed by atoms with van der Waals surface area (Å²) < 4.78 is 7.78. The molecule has 0 aliphatic carbocycles. The Labute approximate surface area is 177 Å². The third kappa shape index (κ3) is 5.03. The van der Waals surface area contributed by atoms with E-state index < -0.39 is 0 Å². The summed E-state index contributed by atoms with van der Waals surface area (Å²) in [5.74, 6) is 1.65. The van der Waals surface area contributed by atoms with Gasteiger partial charge in [0.25, 0.3) is 0 Å². The molecule has 0 spiro atoms. The van der Waals surface area contributed by atoms with E-state index in [-0.39, 0.29) is 30.0 Å². The van der Waals surface area contributed by atoms with E-state index in [9.17, 15) is 0 Å². The molecule has 0 fully saturated rings. The number of furan rings is 1. The van der Waals surface area contributed by atoms with Crippen molar-refractivity contribution in [2.75, 3.05) is 7.05 Å². The van der Waals surface area contributed by atoms with Gasteiger partial charge in [-0.15, -0.1) is 24.0 Å². The van der Waals surface area contributed by atoms with Gasteiger partial charge in [-0.05, 0) is 44.9 Å². The first-order chi connectivity index (χ1) is 12.5. The van der Waals surface area contributed by atoms with E-state index in [1.54, 1.807) is 7.05 Å². The molecule has 1 atom stereocenters. The number of hydrogen-bond acceptors (Lipinski definition) is 3. The predicted molar refractivity (Wildman–Crippen MR) is 121 cm³/mol. The SMILES string of the molecule is CN=C(NCc1cc2ccccc2o1)NC(C)Cc1c(C)nn(C)c1C.I. The fourth-order valence-electron chi connectivity index (χ4n) is 3.19. The maximum atomic E-state index is 5.84. The van der Waals surface area contributed by atoms with Crippen LogP contribution in [0.15, 0.2) is 39.7 Å². The maximum Gasteiger partial charge on any atom is 0.191 e. The van der Waals surface area contributed by atoms with Crippen LogP contribution < -0.4 is 10.6 Å². The summed E-state index contributed by atoms with van der Waals surface area (Å²) in [4.78, 5) is 4.32. The maximum absolute atomic E-state index is 5.84. The van der Waals surface area contributed by atoms with Crippen LogP contribution in [0.5, 0.6) is 0 Å². The fraction of sp³-hybridized carbons (Fsp3) is 0.400. The predicted octanol–water partition coefficient (Wildman–Crippen LogP) is 3.70. The first-order valence-electron chi connectivity index (χ1n) is 8.91. The second-order valence-electron chi connectivity index (χ2n) is 6.70. The molecule has 146 valence electrons. The number of guanidine groups is 1. The minimum atomic E-state index is 0. The van der Waals surface area contributed by atoms with Gasteiger partial charge in [0, 0.05) is 31.2 Å². The van der Waals surface area contributed by atoms with Gasteiger partial charge in [0.1, 0.15) is 11.3 Å². The van der Waals surface area contributed by atoms with Crippen molar-refractivity contribution in [3.05, 3.63) is 53.0 Å². The van der Waals surface area contributed by atoms with E-state index in [2.05, 4.69) is 53.6 Å². The van der Waals surface area contributed by atoms with E-state index in [1.165, 1.54) is 11.3 Å². The summed E-state index contributed by atoms with van der Waals surface area (Å²) in [6, 6.07) is 10.3. The van der Waals surface area contributed by atoms with Crippen LogP contribution in [0, 0.1) is 13.8 Å². The van der Waals surface area contributed by atoms with E-state index in [1.807, 2.05) is 29.9 Å². The van der Waals surface area contributed by atoms with Crippen LogP contribution in [-0.4, -0.2) is 28.8 Å². The Morgan fingerprint density at radius 2 is 2.04 bits per heavy atom. The lowest BCUT2D eigenvalue weighted by molar-refractivity contribution is 0.535. The van der Waals surface area contributed by atoms with E-state index >= 15 is 0 Å². The largest absolute Gasteiger partial charge is 0.459 e. The molecular formula is C20H28IN5O. The number of aliphatic imine (C=N–C) groups is 1. The molecule has 0 amide bonds. The minimum absolute atomic E-state index is 0. The fourth-order valence-corrected chi connectivity index (χ4v) is 3.19. The molecule has 3 rings (SSSR count). The number of rotatable bonds is 5. The highest BCUT2D eigenvalue weighted by Gasteiger charge is 2.14. The first kappa shape index (κ1) is 21.3. The molecule has 0 aliphatic rings. The number of aryl methyl sites for hydroxylation is 2. The minimum Gasteiger partial charge on any atom is -0.459 e. The Morgan fingerprint density at radius 1 is 1.30 bits per heavy atom. The first-order valence-corrected chi connectivity index (χ1v) is 8.91. The van der Waals surface area contributed by atoms with Crippen LogP contribution in [0.25, 0.3) is 11.0 Å². The summed E-state index contributed by atoms with van der Waals surface area (Å²) in [7, 11) is 3.76. The number of nitrogens with zero attached hydrogens (tertiary/aromatic N) is 3.